The summed E-state index contributed by atoms with van der Waals surface area (Å²) in [4.78, 5) is 26.4. The third kappa shape index (κ3) is 6.16. The van der Waals surface area contributed by atoms with Gasteiger partial charge < -0.3 is 14.8 Å². The number of nitrogens with one attached hydrogen (secondary N) is 1. The molecule has 0 bridgehead atoms. The van der Waals surface area contributed by atoms with E-state index in [4.69, 9.17) is 9.47 Å². The topological polar surface area (TPSA) is 64.6 Å². The van der Waals surface area contributed by atoms with Crippen LogP contribution >= 0.6 is 0 Å². The molecule has 0 radical (unpaired) electrons. The molecule has 1 fully saturated rings. The number of ether oxygens (including phenoxy) is 2. The number of methoxy groups -OCH3 is 1. The maximum atomic E-state index is 13.7. The lowest BCUT2D eigenvalue weighted by molar-refractivity contribution is -0.146. The second-order valence-electron chi connectivity index (χ2n) is 9.21. The summed E-state index contributed by atoms with van der Waals surface area (Å²) in [6, 6.07) is 16.4. The van der Waals surface area contributed by atoms with Crippen molar-refractivity contribution in [2.45, 2.75) is 70.3 Å². The molecule has 5 heteroatoms. The van der Waals surface area contributed by atoms with E-state index < -0.39 is 17.4 Å². The maximum Gasteiger partial charge on any atom is 0.333 e. The quantitative estimate of drug-likeness (QED) is 0.468. The molecular weight excluding hydrogens is 414 g/mol. The van der Waals surface area contributed by atoms with Gasteiger partial charge in [0.15, 0.2) is 6.04 Å². The van der Waals surface area contributed by atoms with Gasteiger partial charge in [0.1, 0.15) is 5.75 Å². The van der Waals surface area contributed by atoms with Crippen molar-refractivity contribution in [2.75, 3.05) is 13.7 Å². The predicted molar refractivity (Wildman–Crippen MR) is 130 cm³/mol. The number of hydrogen-bond acceptors (Lipinski definition) is 4. The van der Waals surface area contributed by atoms with E-state index in [2.05, 4.69) is 19.2 Å². The lowest BCUT2D eigenvalue weighted by Gasteiger charge is -2.37. The number of rotatable bonds is 10. The number of esters is 1. The molecule has 1 unspecified atom stereocenters. The van der Waals surface area contributed by atoms with Gasteiger partial charge in [-0.15, -0.1) is 0 Å². The molecule has 1 saturated carbocycles. The molecule has 2 aromatic carbocycles. The average molecular weight is 452 g/mol. The third-order valence-electron chi connectivity index (χ3n) is 6.71. The van der Waals surface area contributed by atoms with E-state index >= 15 is 0 Å². The summed E-state index contributed by atoms with van der Waals surface area (Å²) >= 11 is 0. The molecule has 1 aliphatic carbocycles. The summed E-state index contributed by atoms with van der Waals surface area (Å²) in [5, 5.41) is 3.03. The van der Waals surface area contributed by atoms with E-state index in [0.29, 0.717) is 18.1 Å². The molecule has 1 aliphatic rings. The first kappa shape index (κ1) is 24.8. The maximum absolute atomic E-state index is 13.7. The highest BCUT2D eigenvalue weighted by atomic mass is 16.5. The van der Waals surface area contributed by atoms with Gasteiger partial charge in [-0.1, -0.05) is 82.0 Å². The van der Waals surface area contributed by atoms with Gasteiger partial charge >= 0.3 is 5.97 Å². The third-order valence-corrected chi connectivity index (χ3v) is 6.71. The van der Waals surface area contributed by atoms with E-state index in [1.807, 2.05) is 54.6 Å². The van der Waals surface area contributed by atoms with Crippen LogP contribution in [-0.2, 0) is 19.7 Å². The van der Waals surface area contributed by atoms with Crippen molar-refractivity contribution >= 4 is 11.9 Å². The van der Waals surface area contributed by atoms with Crippen LogP contribution in [0.4, 0.5) is 0 Å². The first-order valence-electron chi connectivity index (χ1n) is 12.2. The second-order valence-corrected chi connectivity index (χ2v) is 9.21. The second kappa shape index (κ2) is 11.9. The van der Waals surface area contributed by atoms with Crippen LogP contribution in [0.15, 0.2) is 54.6 Å². The summed E-state index contributed by atoms with van der Waals surface area (Å²) in [6.45, 7) is 5.00. The van der Waals surface area contributed by atoms with E-state index in [9.17, 15) is 9.59 Å². The minimum Gasteiger partial charge on any atom is -0.493 e. The molecule has 0 aliphatic heterocycles. The Bertz CT molecular complexity index is 888. The van der Waals surface area contributed by atoms with Crippen LogP contribution in [0.1, 0.15) is 76.0 Å². The van der Waals surface area contributed by atoms with E-state index in [1.54, 1.807) is 0 Å². The van der Waals surface area contributed by atoms with Crippen LogP contribution in [0.2, 0.25) is 0 Å². The molecule has 33 heavy (non-hydrogen) atoms. The molecule has 0 spiro atoms. The van der Waals surface area contributed by atoms with Crippen LogP contribution in [0.25, 0.3) is 0 Å². The van der Waals surface area contributed by atoms with Crippen molar-refractivity contribution in [2.24, 2.45) is 5.92 Å². The fourth-order valence-corrected chi connectivity index (χ4v) is 4.80. The van der Waals surface area contributed by atoms with Gasteiger partial charge in [0, 0.05) is 0 Å². The summed E-state index contributed by atoms with van der Waals surface area (Å²) in [7, 11) is 1.35. The van der Waals surface area contributed by atoms with Crippen LogP contribution in [0, 0.1) is 5.92 Å². The lowest BCUT2D eigenvalue weighted by Crippen LogP contribution is -2.48. The van der Waals surface area contributed by atoms with Gasteiger partial charge in [0.25, 0.3) is 0 Å². The Balaban J connectivity index is 1.79. The van der Waals surface area contributed by atoms with Crippen molar-refractivity contribution in [1.82, 2.24) is 5.32 Å². The normalized spacial score (nSPS) is 16.9. The zero-order valence-electron chi connectivity index (χ0n) is 20.1. The Hall–Kier alpha value is -2.82. The molecule has 2 aromatic rings. The minimum atomic E-state index is -0.863. The minimum absolute atomic E-state index is 0.113. The number of amides is 1. The van der Waals surface area contributed by atoms with Crippen LogP contribution in [0.3, 0.4) is 0 Å². The van der Waals surface area contributed by atoms with Crippen molar-refractivity contribution in [3.05, 3.63) is 65.7 Å². The summed E-state index contributed by atoms with van der Waals surface area (Å²) in [6.07, 6.45) is 6.92. The Morgan fingerprint density at radius 3 is 2.27 bits per heavy atom. The molecule has 0 heterocycles. The highest BCUT2D eigenvalue weighted by molar-refractivity contribution is 5.92. The van der Waals surface area contributed by atoms with Crippen molar-refractivity contribution in [1.29, 1.82) is 0 Å². The van der Waals surface area contributed by atoms with Gasteiger partial charge in [0.2, 0.25) is 5.91 Å². The Morgan fingerprint density at radius 2 is 1.67 bits per heavy atom. The highest BCUT2D eigenvalue weighted by Gasteiger charge is 2.42. The zero-order valence-corrected chi connectivity index (χ0v) is 20.1. The molecule has 5 nitrogen and oxygen atoms in total. The van der Waals surface area contributed by atoms with Crippen LogP contribution < -0.4 is 10.1 Å². The Kier molecular flexibility index (Phi) is 8.93. The Labute approximate surface area is 197 Å². The average Bonchev–Trinajstić information content (AvgIpc) is 2.87. The molecular formula is C28H37NO4. The molecule has 0 saturated heterocycles. The summed E-state index contributed by atoms with van der Waals surface area (Å²) in [5.74, 6) is 0.649. The number of benzene rings is 2. The molecule has 178 valence electrons. The van der Waals surface area contributed by atoms with Gasteiger partial charge in [-0.05, 0) is 48.4 Å². The molecule has 1 N–H and O–H groups in total. The lowest BCUT2D eigenvalue weighted by atomic mass is 9.68. The SMILES string of the molecule is CCCC(C)COc1ccc([C@@H](NC(=O)C2(c3ccccc3)CCCCC2)C(=O)OC)cc1. The number of hydrogen-bond donors (Lipinski definition) is 1. The van der Waals surface area contributed by atoms with Gasteiger partial charge in [-0.25, -0.2) is 4.79 Å². The first-order valence-corrected chi connectivity index (χ1v) is 12.2. The molecule has 0 aromatic heterocycles. The smallest absolute Gasteiger partial charge is 0.333 e. The van der Waals surface area contributed by atoms with Crippen molar-refractivity contribution < 1.29 is 19.1 Å². The van der Waals surface area contributed by atoms with E-state index in [0.717, 1.165) is 56.3 Å². The van der Waals surface area contributed by atoms with Crippen molar-refractivity contribution in [3.8, 4) is 5.75 Å². The molecule has 3 rings (SSSR count). The predicted octanol–water partition coefficient (Wildman–Crippen LogP) is 5.73. The van der Waals surface area contributed by atoms with E-state index in [-0.39, 0.29) is 5.91 Å². The fraction of sp³-hybridized carbons (Fsp3) is 0.500. The van der Waals surface area contributed by atoms with Gasteiger partial charge in [0.05, 0.1) is 19.1 Å². The highest BCUT2D eigenvalue weighted by Crippen LogP contribution is 2.40. The summed E-state index contributed by atoms with van der Waals surface area (Å²) in [5.41, 5.74) is 1.07. The standard InChI is InChI=1S/C28H37NO4/c1-4-11-21(2)20-33-24-16-14-22(15-17-24)25(26(30)32-3)29-27(31)28(18-9-6-10-19-28)23-12-7-5-8-13-23/h5,7-8,12-17,21,25H,4,6,9-11,18-20H2,1-3H3,(H,29,31)/t21?,25-/m1/s1. The number of carbonyl (C=O) groups is 2. The first-order chi connectivity index (χ1) is 16.0. The Morgan fingerprint density at radius 1 is 1.00 bits per heavy atom. The van der Waals surface area contributed by atoms with Gasteiger partial charge in [-0.2, -0.15) is 0 Å². The fourth-order valence-electron chi connectivity index (χ4n) is 4.80. The van der Waals surface area contributed by atoms with Crippen molar-refractivity contribution in [3.63, 3.8) is 0 Å². The molecule has 1 amide bonds. The monoisotopic (exact) mass is 451 g/mol. The zero-order chi connectivity index (χ0) is 23.7. The molecule has 2 atom stereocenters. The number of carbonyl (C=O) groups excluding carboxylic acids is 2. The van der Waals surface area contributed by atoms with Gasteiger partial charge in [-0.3, -0.25) is 4.79 Å². The van der Waals surface area contributed by atoms with Crippen LogP contribution in [0.5, 0.6) is 5.75 Å². The largest absolute Gasteiger partial charge is 0.493 e. The van der Waals surface area contributed by atoms with Crippen LogP contribution in [-0.4, -0.2) is 25.6 Å². The van der Waals surface area contributed by atoms with E-state index in [1.165, 1.54) is 7.11 Å². The summed E-state index contributed by atoms with van der Waals surface area (Å²) < 4.78 is 10.9.